The number of halogens is 3. The molecule has 0 aliphatic carbocycles. The van der Waals surface area contributed by atoms with E-state index in [0.717, 1.165) is 5.56 Å². The molecule has 0 bridgehead atoms. The lowest BCUT2D eigenvalue weighted by Crippen LogP contribution is -2.47. The maximum atomic E-state index is 12.6. The van der Waals surface area contributed by atoms with E-state index in [-0.39, 0.29) is 30.6 Å². The third-order valence-electron chi connectivity index (χ3n) is 5.51. The summed E-state index contributed by atoms with van der Waals surface area (Å²) >= 11 is 0. The summed E-state index contributed by atoms with van der Waals surface area (Å²) in [6.07, 6.45) is -5.28. The van der Waals surface area contributed by atoms with Crippen molar-refractivity contribution in [2.45, 2.75) is 57.7 Å². The van der Waals surface area contributed by atoms with Crippen molar-refractivity contribution >= 4 is 11.8 Å². The minimum absolute atomic E-state index is 0.0124. The number of aliphatic hydroxyl groups is 1. The molecule has 3 rings (SSSR count). The Morgan fingerprint density at radius 2 is 1.67 bits per heavy atom. The topological polar surface area (TPSA) is 71.0 Å². The standard InChI is InChI=1S/C24H29F3N2O4/c1-22(2,3)18-8-10-19(11-9-18)28-21(30)33-23(31)12-14-29(15-13-23)16-17-6-4-5-7-20(17)32-24(25,26)27/h4-11,31H,12-16H2,1-3H3,(H,28,30). The number of anilines is 1. The number of amides is 1. The second-order valence-corrected chi connectivity index (χ2v) is 9.22. The molecule has 9 heteroatoms. The number of rotatable bonds is 5. The lowest BCUT2D eigenvalue weighted by molar-refractivity contribution is -0.275. The Kier molecular flexibility index (Phi) is 7.23. The van der Waals surface area contributed by atoms with Gasteiger partial charge in [0, 0.05) is 43.7 Å². The number of hydrogen-bond donors (Lipinski definition) is 2. The zero-order chi connectivity index (χ0) is 24.3. The van der Waals surface area contributed by atoms with Crippen molar-refractivity contribution < 1.29 is 32.5 Å². The number of carbonyl (C=O) groups is 1. The minimum Gasteiger partial charge on any atom is -0.417 e. The molecule has 0 saturated carbocycles. The average molecular weight is 467 g/mol. The predicted molar refractivity (Wildman–Crippen MR) is 118 cm³/mol. The van der Waals surface area contributed by atoms with E-state index in [4.69, 9.17) is 4.74 Å². The van der Waals surface area contributed by atoms with Gasteiger partial charge in [-0.15, -0.1) is 13.2 Å². The van der Waals surface area contributed by atoms with Crippen LogP contribution < -0.4 is 10.1 Å². The van der Waals surface area contributed by atoms with Crippen molar-refractivity contribution in [2.24, 2.45) is 0 Å². The van der Waals surface area contributed by atoms with Crippen molar-refractivity contribution in [3.05, 3.63) is 59.7 Å². The highest BCUT2D eigenvalue weighted by Crippen LogP contribution is 2.30. The molecule has 180 valence electrons. The number of para-hydroxylation sites is 1. The van der Waals surface area contributed by atoms with Crippen molar-refractivity contribution in [2.75, 3.05) is 18.4 Å². The number of nitrogens with one attached hydrogen (secondary N) is 1. The normalized spacial score (nSPS) is 16.8. The zero-order valence-electron chi connectivity index (χ0n) is 18.9. The first-order valence-electron chi connectivity index (χ1n) is 10.7. The first-order valence-corrected chi connectivity index (χ1v) is 10.7. The summed E-state index contributed by atoms with van der Waals surface area (Å²) in [5.74, 6) is -1.90. The smallest absolute Gasteiger partial charge is 0.417 e. The molecular weight excluding hydrogens is 437 g/mol. The molecule has 0 radical (unpaired) electrons. The molecule has 2 aromatic rings. The van der Waals surface area contributed by atoms with E-state index >= 15 is 0 Å². The van der Waals surface area contributed by atoms with Crippen LogP contribution in [0.15, 0.2) is 48.5 Å². The van der Waals surface area contributed by atoms with Crippen LogP contribution in [0.1, 0.15) is 44.7 Å². The molecule has 1 fully saturated rings. The van der Waals surface area contributed by atoms with E-state index in [1.54, 1.807) is 24.3 Å². The number of carbonyl (C=O) groups excluding carboxylic acids is 1. The van der Waals surface area contributed by atoms with Crippen LogP contribution >= 0.6 is 0 Å². The molecule has 6 nitrogen and oxygen atoms in total. The van der Waals surface area contributed by atoms with Gasteiger partial charge in [-0.1, -0.05) is 51.1 Å². The Bertz CT molecular complexity index is 947. The van der Waals surface area contributed by atoms with Gasteiger partial charge < -0.3 is 14.6 Å². The van der Waals surface area contributed by atoms with E-state index in [2.05, 4.69) is 30.8 Å². The van der Waals surface area contributed by atoms with Gasteiger partial charge in [0.05, 0.1) is 0 Å². The number of hydrogen-bond acceptors (Lipinski definition) is 5. The monoisotopic (exact) mass is 466 g/mol. The molecule has 2 N–H and O–H groups in total. The molecule has 1 aliphatic rings. The molecule has 0 aromatic heterocycles. The number of benzene rings is 2. The molecule has 2 aromatic carbocycles. The molecule has 1 aliphatic heterocycles. The van der Waals surface area contributed by atoms with Gasteiger partial charge in [0.15, 0.2) is 0 Å². The van der Waals surface area contributed by atoms with Crippen molar-refractivity contribution in [1.82, 2.24) is 4.90 Å². The quantitative estimate of drug-likeness (QED) is 0.576. The summed E-state index contributed by atoms with van der Waals surface area (Å²) in [4.78, 5) is 14.2. The number of piperidine rings is 1. The average Bonchev–Trinajstić information content (AvgIpc) is 2.70. The van der Waals surface area contributed by atoms with Crippen LogP contribution in [-0.2, 0) is 16.7 Å². The van der Waals surface area contributed by atoms with Crippen LogP contribution in [0, 0.1) is 0 Å². The largest absolute Gasteiger partial charge is 0.573 e. The number of ether oxygens (including phenoxy) is 2. The van der Waals surface area contributed by atoms with Crippen LogP contribution in [0.3, 0.4) is 0 Å². The second kappa shape index (κ2) is 9.61. The lowest BCUT2D eigenvalue weighted by Gasteiger charge is -2.37. The van der Waals surface area contributed by atoms with Gasteiger partial charge in [0.25, 0.3) is 0 Å². The second-order valence-electron chi connectivity index (χ2n) is 9.22. The van der Waals surface area contributed by atoms with Gasteiger partial charge in [-0.2, -0.15) is 0 Å². The fourth-order valence-electron chi connectivity index (χ4n) is 3.63. The highest BCUT2D eigenvalue weighted by atomic mass is 19.4. The Hall–Kier alpha value is -2.78. The highest BCUT2D eigenvalue weighted by molar-refractivity contribution is 5.84. The van der Waals surface area contributed by atoms with Crippen LogP contribution in [0.25, 0.3) is 0 Å². The van der Waals surface area contributed by atoms with Crippen molar-refractivity contribution in [3.63, 3.8) is 0 Å². The third kappa shape index (κ3) is 7.36. The van der Waals surface area contributed by atoms with E-state index in [1.807, 2.05) is 17.0 Å². The van der Waals surface area contributed by atoms with Gasteiger partial charge in [0.2, 0.25) is 5.79 Å². The first-order chi connectivity index (χ1) is 15.3. The molecule has 1 amide bonds. The fraction of sp³-hybridized carbons (Fsp3) is 0.458. The number of likely N-dealkylation sites (tertiary alicyclic amines) is 1. The maximum Gasteiger partial charge on any atom is 0.573 e. The summed E-state index contributed by atoms with van der Waals surface area (Å²) < 4.78 is 47.3. The molecule has 1 heterocycles. The van der Waals surface area contributed by atoms with Crippen molar-refractivity contribution in [3.8, 4) is 5.75 Å². The Balaban J connectivity index is 1.52. The molecule has 0 unspecified atom stereocenters. The minimum atomic E-state index is -4.77. The fourth-order valence-corrected chi connectivity index (χ4v) is 3.63. The predicted octanol–water partition coefficient (Wildman–Crippen LogP) is 5.42. The summed E-state index contributed by atoms with van der Waals surface area (Å²) in [5, 5.41) is 13.3. The summed E-state index contributed by atoms with van der Waals surface area (Å²) in [6, 6.07) is 13.3. The van der Waals surface area contributed by atoms with Crippen LogP contribution in [-0.4, -0.2) is 41.3 Å². The number of alkyl halides is 3. The Morgan fingerprint density at radius 3 is 2.24 bits per heavy atom. The summed E-state index contributed by atoms with van der Waals surface area (Å²) in [5.41, 5.74) is 2.05. The molecule has 33 heavy (non-hydrogen) atoms. The Morgan fingerprint density at radius 1 is 1.06 bits per heavy atom. The summed E-state index contributed by atoms with van der Waals surface area (Å²) in [6.45, 7) is 7.16. The molecular formula is C24H29F3N2O4. The van der Waals surface area contributed by atoms with Gasteiger partial charge in [-0.05, 0) is 29.2 Å². The van der Waals surface area contributed by atoms with Gasteiger partial charge in [-0.3, -0.25) is 10.2 Å². The Labute approximate surface area is 191 Å². The van der Waals surface area contributed by atoms with Gasteiger partial charge in [-0.25, -0.2) is 4.79 Å². The first kappa shape index (κ1) is 24.9. The SMILES string of the molecule is CC(C)(C)c1ccc(NC(=O)OC2(O)CCN(Cc3ccccc3OC(F)(F)F)CC2)cc1. The number of nitrogens with zero attached hydrogens (tertiary/aromatic N) is 1. The van der Waals surface area contributed by atoms with Gasteiger partial charge >= 0.3 is 12.5 Å². The lowest BCUT2D eigenvalue weighted by atomic mass is 9.87. The van der Waals surface area contributed by atoms with E-state index < -0.39 is 18.2 Å². The van der Waals surface area contributed by atoms with Crippen LogP contribution in [0.5, 0.6) is 5.75 Å². The van der Waals surface area contributed by atoms with Crippen LogP contribution in [0.2, 0.25) is 0 Å². The van der Waals surface area contributed by atoms with E-state index in [0.29, 0.717) is 24.3 Å². The molecule has 0 atom stereocenters. The molecule has 0 spiro atoms. The van der Waals surface area contributed by atoms with Crippen molar-refractivity contribution in [1.29, 1.82) is 0 Å². The van der Waals surface area contributed by atoms with Crippen LogP contribution in [0.4, 0.5) is 23.7 Å². The highest BCUT2D eigenvalue weighted by Gasteiger charge is 2.37. The van der Waals surface area contributed by atoms with E-state index in [1.165, 1.54) is 12.1 Å². The van der Waals surface area contributed by atoms with E-state index in [9.17, 15) is 23.1 Å². The summed E-state index contributed by atoms with van der Waals surface area (Å²) in [7, 11) is 0. The maximum absolute atomic E-state index is 12.6. The molecule has 1 saturated heterocycles. The zero-order valence-corrected chi connectivity index (χ0v) is 18.9. The third-order valence-corrected chi connectivity index (χ3v) is 5.51. The van der Waals surface area contributed by atoms with Gasteiger partial charge in [0.1, 0.15) is 5.75 Å².